The molecule has 0 aliphatic rings. The van der Waals surface area contributed by atoms with E-state index < -0.39 is 0 Å². The van der Waals surface area contributed by atoms with Crippen molar-refractivity contribution in [3.63, 3.8) is 0 Å². The van der Waals surface area contributed by atoms with Crippen LogP contribution in [-0.4, -0.2) is 14.1 Å². The Balaban J connectivity index is 1.13. The van der Waals surface area contributed by atoms with Crippen LogP contribution in [-0.2, 0) is 0 Å². The largest absolute Gasteiger partial charge is 0.307 e. The molecule has 0 saturated carbocycles. The Bertz CT molecular complexity index is 3350. The first-order chi connectivity index (χ1) is 25.8. The van der Waals surface area contributed by atoms with Crippen molar-refractivity contribution >= 4 is 86.7 Å². The summed E-state index contributed by atoms with van der Waals surface area (Å²) >= 11 is 0. The lowest BCUT2D eigenvalue weighted by atomic mass is 9.92. The smallest absolute Gasteiger partial charge is 0.137 e. The Morgan fingerprint density at radius 2 is 0.981 bits per heavy atom. The molecule has 12 rings (SSSR count). The molecule has 0 N–H and O–H groups in total. The van der Waals surface area contributed by atoms with Crippen LogP contribution >= 0.6 is 0 Å². The number of hydrogen-bond acceptors (Lipinski definition) is 1. The maximum atomic E-state index is 4.88. The van der Waals surface area contributed by atoms with E-state index in [-0.39, 0.29) is 0 Å². The second-order valence-corrected chi connectivity index (χ2v) is 13.9. The molecular weight excluding hydrogens is 631 g/mol. The monoisotopic (exact) mass is 659 g/mol. The molecule has 3 heterocycles. The van der Waals surface area contributed by atoms with Crippen LogP contribution in [0.15, 0.2) is 176 Å². The highest BCUT2D eigenvalue weighted by molar-refractivity contribution is 6.32. The molecule has 0 radical (unpaired) electrons. The summed E-state index contributed by atoms with van der Waals surface area (Å²) in [5.41, 5.74) is 8.29. The minimum atomic E-state index is 0.916. The molecule has 0 aliphatic heterocycles. The predicted octanol–water partition coefficient (Wildman–Crippen LogP) is 13.0. The first-order valence-corrected chi connectivity index (χ1v) is 17.9. The summed E-state index contributed by atoms with van der Waals surface area (Å²) in [6.07, 6.45) is 1.89. The summed E-state index contributed by atoms with van der Waals surface area (Å²) in [5.74, 6) is 0.916. The van der Waals surface area contributed by atoms with Crippen molar-refractivity contribution in [1.29, 1.82) is 0 Å². The SMILES string of the molecule is c1ccc(-n2c3ccccc3c3cc4ccc5cccc6c5c4c(c32)n6-c2ccc(-c3ccc4c5ccccc5c5ccccc5c4c3)cc2)nc1. The van der Waals surface area contributed by atoms with Crippen molar-refractivity contribution in [3.8, 4) is 22.6 Å². The second kappa shape index (κ2) is 10.3. The Labute approximate surface area is 298 Å². The molecule has 240 valence electrons. The number of benzene rings is 9. The third kappa shape index (κ3) is 3.66. The third-order valence-corrected chi connectivity index (χ3v) is 11.3. The number of pyridine rings is 1. The van der Waals surface area contributed by atoms with Crippen LogP contribution in [0.4, 0.5) is 0 Å². The van der Waals surface area contributed by atoms with Gasteiger partial charge in [0.15, 0.2) is 0 Å². The molecule has 0 amide bonds. The Morgan fingerprint density at radius 1 is 0.346 bits per heavy atom. The molecule has 0 aliphatic carbocycles. The van der Waals surface area contributed by atoms with Crippen molar-refractivity contribution in [2.75, 3.05) is 0 Å². The number of rotatable bonds is 3. The van der Waals surface area contributed by atoms with Gasteiger partial charge in [-0.05, 0) is 103 Å². The molecule has 0 spiro atoms. The highest BCUT2D eigenvalue weighted by Gasteiger charge is 2.24. The standard InChI is InChI=1S/C49H29N3/c1-2-13-37-35(11-1)36-12-3-4-14-38(36)41-28-32(23-26-39(37)41)30-21-24-34(25-22-30)51-44-17-9-10-31-19-20-33-29-42-40-15-5-6-16-43(40)52(45-18-7-8-27-50-45)48(42)49(51)47(33)46(31)44/h1-29H. The van der Waals surface area contributed by atoms with E-state index in [1.807, 2.05) is 12.3 Å². The van der Waals surface area contributed by atoms with Gasteiger partial charge in [0.2, 0.25) is 0 Å². The minimum absolute atomic E-state index is 0.916. The van der Waals surface area contributed by atoms with Gasteiger partial charge in [0.1, 0.15) is 5.82 Å². The number of fused-ring (bicyclic) bond motifs is 10. The maximum Gasteiger partial charge on any atom is 0.137 e. The summed E-state index contributed by atoms with van der Waals surface area (Å²) in [5, 5.41) is 15.3. The topological polar surface area (TPSA) is 22.8 Å². The van der Waals surface area contributed by atoms with Crippen molar-refractivity contribution in [2.24, 2.45) is 0 Å². The fourth-order valence-corrected chi connectivity index (χ4v) is 9.08. The van der Waals surface area contributed by atoms with E-state index in [1.165, 1.54) is 92.3 Å². The van der Waals surface area contributed by atoms with E-state index in [0.29, 0.717) is 0 Å². The average Bonchev–Trinajstić information content (AvgIpc) is 3.74. The Kier molecular flexibility index (Phi) is 5.50. The number of aromatic nitrogens is 3. The zero-order valence-electron chi connectivity index (χ0n) is 28.1. The van der Waals surface area contributed by atoms with Crippen molar-refractivity contribution < 1.29 is 0 Å². The zero-order chi connectivity index (χ0) is 33.9. The molecule has 3 heteroatoms. The lowest BCUT2D eigenvalue weighted by Gasteiger charge is -2.14. The predicted molar refractivity (Wildman–Crippen MR) is 220 cm³/mol. The van der Waals surface area contributed by atoms with Crippen molar-refractivity contribution in [2.45, 2.75) is 0 Å². The summed E-state index contributed by atoms with van der Waals surface area (Å²) in [6, 6.07) is 62.2. The van der Waals surface area contributed by atoms with Gasteiger partial charge in [-0.25, -0.2) is 4.98 Å². The normalized spacial score (nSPS) is 12.2. The van der Waals surface area contributed by atoms with E-state index in [4.69, 9.17) is 4.98 Å². The molecule has 0 fully saturated rings. The van der Waals surface area contributed by atoms with E-state index in [2.05, 4.69) is 173 Å². The van der Waals surface area contributed by atoms with Crippen molar-refractivity contribution in [1.82, 2.24) is 14.1 Å². The lowest BCUT2D eigenvalue weighted by molar-refractivity contribution is 1.08. The molecule has 0 saturated heterocycles. The van der Waals surface area contributed by atoms with Gasteiger partial charge in [0, 0.05) is 33.4 Å². The van der Waals surface area contributed by atoms with Gasteiger partial charge >= 0.3 is 0 Å². The molecule has 12 aromatic rings. The third-order valence-electron chi connectivity index (χ3n) is 11.3. The van der Waals surface area contributed by atoms with Crippen LogP contribution in [0.5, 0.6) is 0 Å². The fourth-order valence-electron chi connectivity index (χ4n) is 9.08. The number of para-hydroxylation sites is 1. The summed E-state index contributed by atoms with van der Waals surface area (Å²) in [4.78, 5) is 4.88. The van der Waals surface area contributed by atoms with Crippen molar-refractivity contribution in [3.05, 3.63) is 176 Å². The molecular formula is C49H29N3. The first-order valence-electron chi connectivity index (χ1n) is 17.9. The molecule has 3 aromatic heterocycles. The van der Waals surface area contributed by atoms with Crippen LogP contribution in [0.1, 0.15) is 0 Å². The Hall–Kier alpha value is -6.97. The summed E-state index contributed by atoms with van der Waals surface area (Å²) < 4.78 is 4.84. The van der Waals surface area contributed by atoms with Crippen LogP contribution in [0.2, 0.25) is 0 Å². The second-order valence-electron chi connectivity index (χ2n) is 13.9. The lowest BCUT2D eigenvalue weighted by Crippen LogP contribution is -2.00. The van der Waals surface area contributed by atoms with Gasteiger partial charge in [-0.1, -0.05) is 121 Å². The molecule has 0 atom stereocenters. The summed E-state index contributed by atoms with van der Waals surface area (Å²) in [6.45, 7) is 0. The Morgan fingerprint density at radius 3 is 1.73 bits per heavy atom. The van der Waals surface area contributed by atoms with Gasteiger partial charge in [-0.2, -0.15) is 0 Å². The fraction of sp³-hybridized carbons (Fsp3) is 0. The van der Waals surface area contributed by atoms with E-state index in [1.54, 1.807) is 0 Å². The van der Waals surface area contributed by atoms with Crippen LogP contribution in [0.3, 0.4) is 0 Å². The van der Waals surface area contributed by atoms with Crippen LogP contribution in [0.25, 0.3) is 109 Å². The molecule has 0 bridgehead atoms. The van der Waals surface area contributed by atoms with E-state index in [0.717, 1.165) is 17.0 Å². The van der Waals surface area contributed by atoms with Gasteiger partial charge in [-0.15, -0.1) is 0 Å². The minimum Gasteiger partial charge on any atom is -0.307 e. The van der Waals surface area contributed by atoms with Crippen LogP contribution < -0.4 is 0 Å². The van der Waals surface area contributed by atoms with E-state index in [9.17, 15) is 0 Å². The number of nitrogens with zero attached hydrogens (tertiary/aromatic N) is 3. The highest BCUT2D eigenvalue weighted by atomic mass is 15.1. The van der Waals surface area contributed by atoms with Gasteiger partial charge in [0.25, 0.3) is 0 Å². The van der Waals surface area contributed by atoms with E-state index >= 15 is 0 Å². The molecule has 9 aromatic carbocycles. The molecule has 52 heavy (non-hydrogen) atoms. The van der Waals surface area contributed by atoms with Gasteiger partial charge in [-0.3, -0.25) is 4.57 Å². The first kappa shape index (κ1) is 27.8. The number of hydrogen-bond donors (Lipinski definition) is 0. The highest BCUT2D eigenvalue weighted by Crippen LogP contribution is 2.46. The quantitative estimate of drug-likeness (QED) is 0.173. The average molecular weight is 660 g/mol. The zero-order valence-corrected chi connectivity index (χ0v) is 28.1. The molecule has 0 unspecified atom stereocenters. The van der Waals surface area contributed by atoms with Gasteiger partial charge < -0.3 is 4.57 Å². The van der Waals surface area contributed by atoms with Gasteiger partial charge in [0.05, 0.1) is 22.1 Å². The molecule has 3 nitrogen and oxygen atoms in total. The maximum absolute atomic E-state index is 4.88. The van der Waals surface area contributed by atoms with Crippen LogP contribution in [0, 0.1) is 0 Å². The summed E-state index contributed by atoms with van der Waals surface area (Å²) in [7, 11) is 0.